The molecule has 1 N–H and O–H groups in total. The van der Waals surface area contributed by atoms with Crippen LogP contribution in [0.5, 0.6) is 5.75 Å². The molecular weight excluding hydrogens is 342 g/mol. The van der Waals surface area contributed by atoms with Crippen LogP contribution in [0.2, 0.25) is 5.02 Å². The van der Waals surface area contributed by atoms with E-state index < -0.39 is 5.97 Å². The SMILES string of the molecule is Cc1ccccc1OCCC(=O)OCC(=O)NCc1ccc(Cl)cc1. The third kappa shape index (κ3) is 6.85. The summed E-state index contributed by atoms with van der Waals surface area (Å²) in [5.74, 6) is -0.102. The van der Waals surface area contributed by atoms with Crippen LogP contribution in [0.25, 0.3) is 0 Å². The molecular formula is C19H20ClNO4. The number of esters is 1. The number of hydrogen-bond donors (Lipinski definition) is 1. The summed E-state index contributed by atoms with van der Waals surface area (Å²) in [5.41, 5.74) is 1.91. The van der Waals surface area contributed by atoms with Gasteiger partial charge in [-0.3, -0.25) is 9.59 Å². The molecule has 0 heterocycles. The third-order valence-electron chi connectivity index (χ3n) is 3.42. The fraction of sp³-hybridized carbons (Fsp3) is 0.263. The van der Waals surface area contributed by atoms with Gasteiger partial charge < -0.3 is 14.8 Å². The average molecular weight is 362 g/mol. The standard InChI is InChI=1S/C19H20ClNO4/c1-14-4-2-3-5-17(14)24-11-10-19(23)25-13-18(22)21-12-15-6-8-16(20)9-7-15/h2-9H,10-13H2,1H3,(H,21,22). The number of aryl methyl sites for hydroxylation is 1. The highest BCUT2D eigenvalue weighted by atomic mass is 35.5. The highest BCUT2D eigenvalue weighted by molar-refractivity contribution is 6.30. The number of para-hydroxylation sites is 1. The Morgan fingerprint density at radius 1 is 1.08 bits per heavy atom. The number of hydrogen-bond acceptors (Lipinski definition) is 4. The molecule has 1 amide bonds. The van der Waals surface area contributed by atoms with E-state index in [0.717, 1.165) is 16.9 Å². The average Bonchev–Trinajstić information content (AvgIpc) is 2.61. The van der Waals surface area contributed by atoms with E-state index in [1.807, 2.05) is 43.3 Å². The second kappa shape index (κ2) is 9.69. The molecule has 0 radical (unpaired) electrons. The molecule has 0 aliphatic heterocycles. The molecule has 0 saturated carbocycles. The molecule has 2 aromatic rings. The normalized spacial score (nSPS) is 10.2. The molecule has 0 bridgehead atoms. The van der Waals surface area contributed by atoms with Crippen molar-refractivity contribution in [2.45, 2.75) is 19.9 Å². The van der Waals surface area contributed by atoms with Gasteiger partial charge in [0.25, 0.3) is 5.91 Å². The lowest BCUT2D eigenvalue weighted by atomic mass is 10.2. The van der Waals surface area contributed by atoms with Crippen LogP contribution < -0.4 is 10.1 Å². The van der Waals surface area contributed by atoms with Gasteiger partial charge in [-0.2, -0.15) is 0 Å². The highest BCUT2D eigenvalue weighted by Crippen LogP contribution is 2.16. The van der Waals surface area contributed by atoms with Crippen LogP contribution in [0.4, 0.5) is 0 Å². The molecule has 0 fully saturated rings. The molecule has 0 unspecified atom stereocenters. The Morgan fingerprint density at radius 3 is 2.52 bits per heavy atom. The van der Waals surface area contributed by atoms with Crippen LogP contribution in [0, 0.1) is 6.92 Å². The van der Waals surface area contributed by atoms with Gasteiger partial charge in [-0.15, -0.1) is 0 Å². The predicted octanol–water partition coefficient (Wildman–Crippen LogP) is 3.28. The van der Waals surface area contributed by atoms with E-state index in [9.17, 15) is 9.59 Å². The zero-order valence-electron chi connectivity index (χ0n) is 14.0. The molecule has 132 valence electrons. The van der Waals surface area contributed by atoms with Crippen LogP contribution in [0.15, 0.2) is 48.5 Å². The first kappa shape index (κ1) is 18.8. The first-order chi connectivity index (χ1) is 12.0. The minimum atomic E-state index is -0.477. The number of carbonyl (C=O) groups excluding carboxylic acids is 2. The van der Waals surface area contributed by atoms with E-state index >= 15 is 0 Å². The largest absolute Gasteiger partial charge is 0.493 e. The quantitative estimate of drug-likeness (QED) is 0.733. The number of rotatable bonds is 8. The van der Waals surface area contributed by atoms with E-state index in [-0.39, 0.29) is 25.5 Å². The van der Waals surface area contributed by atoms with Crippen molar-refractivity contribution in [2.24, 2.45) is 0 Å². The highest BCUT2D eigenvalue weighted by Gasteiger charge is 2.08. The lowest BCUT2D eigenvalue weighted by molar-refractivity contribution is -0.149. The van der Waals surface area contributed by atoms with Gasteiger partial charge in [-0.05, 0) is 36.2 Å². The zero-order valence-corrected chi connectivity index (χ0v) is 14.7. The summed E-state index contributed by atoms with van der Waals surface area (Å²) in [6.45, 7) is 2.18. The smallest absolute Gasteiger partial charge is 0.309 e. The number of amides is 1. The molecule has 0 aliphatic rings. The van der Waals surface area contributed by atoms with Crippen LogP contribution in [-0.4, -0.2) is 25.1 Å². The van der Waals surface area contributed by atoms with Gasteiger partial charge in [0.1, 0.15) is 5.75 Å². The third-order valence-corrected chi connectivity index (χ3v) is 3.68. The summed E-state index contributed by atoms with van der Waals surface area (Å²) in [6, 6.07) is 14.7. The fourth-order valence-corrected chi connectivity index (χ4v) is 2.16. The number of carbonyl (C=O) groups is 2. The molecule has 0 atom stereocenters. The molecule has 6 heteroatoms. The maximum absolute atomic E-state index is 11.7. The van der Waals surface area contributed by atoms with E-state index in [0.29, 0.717) is 11.6 Å². The van der Waals surface area contributed by atoms with Gasteiger partial charge in [-0.1, -0.05) is 41.9 Å². The minimum Gasteiger partial charge on any atom is -0.493 e. The van der Waals surface area contributed by atoms with Crippen LogP contribution in [-0.2, 0) is 20.9 Å². The number of benzene rings is 2. The van der Waals surface area contributed by atoms with Gasteiger partial charge in [0, 0.05) is 11.6 Å². The Morgan fingerprint density at radius 2 is 1.80 bits per heavy atom. The van der Waals surface area contributed by atoms with E-state index in [1.54, 1.807) is 12.1 Å². The van der Waals surface area contributed by atoms with Crippen LogP contribution in [0.3, 0.4) is 0 Å². The maximum atomic E-state index is 11.7. The van der Waals surface area contributed by atoms with Crippen molar-refractivity contribution >= 4 is 23.5 Å². The first-order valence-corrected chi connectivity index (χ1v) is 8.27. The lowest BCUT2D eigenvalue weighted by Crippen LogP contribution is -2.28. The molecule has 2 aromatic carbocycles. The molecule has 2 rings (SSSR count). The second-order valence-corrected chi connectivity index (χ2v) is 5.86. The van der Waals surface area contributed by atoms with Crippen molar-refractivity contribution in [3.05, 3.63) is 64.7 Å². The van der Waals surface area contributed by atoms with Gasteiger partial charge in [-0.25, -0.2) is 0 Å². The summed E-state index contributed by atoms with van der Waals surface area (Å²) in [6.07, 6.45) is 0.0821. The van der Waals surface area contributed by atoms with Crippen molar-refractivity contribution in [2.75, 3.05) is 13.2 Å². The van der Waals surface area contributed by atoms with E-state index in [1.165, 1.54) is 0 Å². The van der Waals surface area contributed by atoms with Gasteiger partial charge in [0.15, 0.2) is 6.61 Å². The zero-order chi connectivity index (χ0) is 18.1. The summed E-state index contributed by atoms with van der Waals surface area (Å²) < 4.78 is 10.4. The Balaban J connectivity index is 1.61. The van der Waals surface area contributed by atoms with Crippen LogP contribution >= 0.6 is 11.6 Å². The van der Waals surface area contributed by atoms with Gasteiger partial charge in [0.05, 0.1) is 13.0 Å². The maximum Gasteiger partial charge on any atom is 0.309 e. The fourth-order valence-electron chi connectivity index (χ4n) is 2.03. The molecule has 0 saturated heterocycles. The van der Waals surface area contributed by atoms with E-state index in [4.69, 9.17) is 21.1 Å². The summed E-state index contributed by atoms with van der Waals surface area (Å²) in [4.78, 5) is 23.3. The monoisotopic (exact) mass is 361 g/mol. The predicted molar refractivity (Wildman–Crippen MR) is 95.5 cm³/mol. The molecule has 0 spiro atoms. The Hall–Kier alpha value is -2.53. The van der Waals surface area contributed by atoms with Crippen molar-refractivity contribution < 1.29 is 19.1 Å². The summed E-state index contributed by atoms with van der Waals surface area (Å²) in [5, 5.41) is 3.31. The van der Waals surface area contributed by atoms with Crippen molar-refractivity contribution in [3.63, 3.8) is 0 Å². The van der Waals surface area contributed by atoms with Crippen LogP contribution in [0.1, 0.15) is 17.5 Å². The first-order valence-electron chi connectivity index (χ1n) is 7.90. The van der Waals surface area contributed by atoms with Gasteiger partial charge >= 0.3 is 5.97 Å². The topological polar surface area (TPSA) is 64.6 Å². The second-order valence-electron chi connectivity index (χ2n) is 5.43. The molecule has 5 nitrogen and oxygen atoms in total. The number of ether oxygens (including phenoxy) is 2. The summed E-state index contributed by atoms with van der Waals surface area (Å²) >= 11 is 5.79. The molecule has 0 aliphatic carbocycles. The Bertz CT molecular complexity index is 716. The molecule has 0 aromatic heterocycles. The Labute approximate surface area is 151 Å². The minimum absolute atomic E-state index is 0.0821. The number of halogens is 1. The Kier molecular flexibility index (Phi) is 7.29. The van der Waals surface area contributed by atoms with E-state index in [2.05, 4.69) is 5.32 Å². The lowest BCUT2D eigenvalue weighted by Gasteiger charge is -2.09. The number of nitrogens with one attached hydrogen (secondary N) is 1. The van der Waals surface area contributed by atoms with Gasteiger partial charge in [0.2, 0.25) is 0 Å². The van der Waals surface area contributed by atoms with Crippen molar-refractivity contribution in [3.8, 4) is 5.75 Å². The molecule has 25 heavy (non-hydrogen) atoms. The summed E-state index contributed by atoms with van der Waals surface area (Å²) in [7, 11) is 0. The van der Waals surface area contributed by atoms with Crippen molar-refractivity contribution in [1.82, 2.24) is 5.32 Å². The van der Waals surface area contributed by atoms with Crippen molar-refractivity contribution in [1.29, 1.82) is 0 Å².